The topological polar surface area (TPSA) is 101 Å². The quantitative estimate of drug-likeness (QED) is 0.230. The van der Waals surface area contributed by atoms with Gasteiger partial charge >= 0.3 is 18.3 Å². The number of fused-ring (bicyclic) bond motifs is 1. The number of amides is 1. The Hall–Kier alpha value is -4.99. The highest BCUT2D eigenvalue weighted by atomic mass is 19.4. The van der Waals surface area contributed by atoms with E-state index in [1.165, 1.54) is 50.4 Å². The normalized spacial score (nSPS) is 16.1. The molecule has 260 valence electrons. The Kier molecular flexibility index (Phi) is 9.47. The number of nitrogens with zero attached hydrogens (tertiary/aromatic N) is 2. The van der Waals surface area contributed by atoms with Crippen molar-refractivity contribution in [2.24, 2.45) is 7.05 Å². The number of morpholine rings is 1. The standard InChI is InChI=1S/C33H27F8N3O5/c1-16-11-22(32(36,37)38)27(30(46)43(16)2)21-8-7-17(19-5-3-4-6-20(19)21)12-25(31(47)48)42-29(45)28-23(34)13-18(14-24(28)35)44-9-10-49-15-26(44)33(39,40)41/h3-8,11,13-14,25-26H,9-10,12,15H2,1-2H3,(H,42,45)(H,47,48). The lowest BCUT2D eigenvalue weighted by Crippen LogP contribution is -2.53. The zero-order valence-corrected chi connectivity index (χ0v) is 25.7. The smallest absolute Gasteiger partial charge is 0.417 e. The van der Waals surface area contributed by atoms with Crippen LogP contribution in [0.5, 0.6) is 0 Å². The maximum absolute atomic E-state index is 15.1. The van der Waals surface area contributed by atoms with Crippen LogP contribution < -0.4 is 15.8 Å². The molecule has 1 aliphatic heterocycles. The summed E-state index contributed by atoms with van der Waals surface area (Å²) < 4.78 is 119. The molecule has 1 fully saturated rings. The number of aryl methyl sites for hydroxylation is 1. The minimum absolute atomic E-state index is 0.0659. The number of carboxylic acid groups (broad SMARTS) is 1. The number of carbonyl (C=O) groups is 2. The zero-order chi connectivity index (χ0) is 36.0. The van der Waals surface area contributed by atoms with E-state index in [4.69, 9.17) is 4.74 Å². The maximum Gasteiger partial charge on any atom is 0.417 e. The van der Waals surface area contributed by atoms with Crippen LogP contribution in [0.1, 0.15) is 27.2 Å². The lowest BCUT2D eigenvalue weighted by Gasteiger charge is -2.38. The van der Waals surface area contributed by atoms with Gasteiger partial charge in [0.2, 0.25) is 0 Å². The molecule has 4 aromatic rings. The molecule has 0 saturated carbocycles. The van der Waals surface area contributed by atoms with Gasteiger partial charge in [0.25, 0.3) is 11.5 Å². The molecule has 3 aromatic carbocycles. The van der Waals surface area contributed by atoms with Crippen molar-refractivity contribution in [2.45, 2.75) is 37.8 Å². The maximum atomic E-state index is 15.1. The number of aromatic nitrogens is 1. The predicted octanol–water partition coefficient (Wildman–Crippen LogP) is 6.00. The van der Waals surface area contributed by atoms with Crippen LogP contribution >= 0.6 is 0 Å². The summed E-state index contributed by atoms with van der Waals surface area (Å²) in [5, 5.41) is 12.3. The number of rotatable bonds is 7. The Labute approximate surface area is 272 Å². The van der Waals surface area contributed by atoms with Gasteiger partial charge in [-0.05, 0) is 47.0 Å². The number of pyridine rings is 1. The third kappa shape index (κ3) is 6.95. The molecule has 1 amide bonds. The van der Waals surface area contributed by atoms with E-state index in [1.54, 1.807) is 0 Å². The lowest BCUT2D eigenvalue weighted by atomic mass is 9.90. The summed E-state index contributed by atoms with van der Waals surface area (Å²) in [6.45, 7) is 0.0646. The molecule has 1 aromatic heterocycles. The van der Waals surface area contributed by atoms with Crippen molar-refractivity contribution < 1.29 is 54.6 Å². The van der Waals surface area contributed by atoms with E-state index in [0.29, 0.717) is 17.0 Å². The first-order valence-corrected chi connectivity index (χ1v) is 14.6. The summed E-state index contributed by atoms with van der Waals surface area (Å²) in [6, 6.07) is 6.32. The van der Waals surface area contributed by atoms with Crippen LogP contribution in [0.2, 0.25) is 0 Å². The summed E-state index contributed by atoms with van der Waals surface area (Å²) in [6.07, 6.45) is -10.2. The summed E-state index contributed by atoms with van der Waals surface area (Å²) in [4.78, 5) is 39.1. The summed E-state index contributed by atoms with van der Waals surface area (Å²) >= 11 is 0. The SMILES string of the molecule is Cc1cc(C(F)(F)F)c(-c2ccc(CC(NC(=O)c3c(F)cc(N4CCOCC4C(F)(F)F)cc3F)C(=O)O)c3ccccc23)c(=O)n1C. The molecule has 2 atom stereocenters. The molecule has 16 heteroatoms. The molecule has 2 N–H and O–H groups in total. The molecular formula is C33H27F8N3O5. The molecular weight excluding hydrogens is 670 g/mol. The van der Waals surface area contributed by atoms with Gasteiger partial charge in [-0.1, -0.05) is 36.4 Å². The highest BCUT2D eigenvalue weighted by Gasteiger charge is 2.46. The number of halogens is 8. The monoisotopic (exact) mass is 697 g/mol. The third-order valence-electron chi connectivity index (χ3n) is 8.38. The summed E-state index contributed by atoms with van der Waals surface area (Å²) in [7, 11) is 1.32. The van der Waals surface area contributed by atoms with Crippen molar-refractivity contribution in [1.82, 2.24) is 9.88 Å². The Balaban J connectivity index is 1.48. The first-order chi connectivity index (χ1) is 22.9. The fourth-order valence-electron chi connectivity index (χ4n) is 5.84. The number of carboxylic acids is 1. The van der Waals surface area contributed by atoms with Gasteiger partial charge in [0.05, 0.1) is 24.3 Å². The second-order valence-electron chi connectivity index (χ2n) is 11.4. The molecule has 5 rings (SSSR count). The number of nitrogens with one attached hydrogen (secondary N) is 1. The number of anilines is 1. The summed E-state index contributed by atoms with van der Waals surface area (Å²) in [5.41, 5.74) is -4.27. The number of aliphatic carboxylic acids is 1. The van der Waals surface area contributed by atoms with Gasteiger partial charge in [0.15, 0.2) is 0 Å². The predicted molar refractivity (Wildman–Crippen MR) is 161 cm³/mol. The van der Waals surface area contributed by atoms with Crippen LogP contribution in [0.3, 0.4) is 0 Å². The Bertz CT molecular complexity index is 1980. The van der Waals surface area contributed by atoms with Gasteiger partial charge in [-0.3, -0.25) is 9.59 Å². The van der Waals surface area contributed by atoms with Crippen LogP contribution in [-0.2, 0) is 29.2 Å². The fraction of sp³-hybridized carbons (Fsp3) is 0.303. The van der Waals surface area contributed by atoms with E-state index < -0.39 is 88.9 Å². The molecule has 2 heterocycles. The van der Waals surface area contributed by atoms with Gasteiger partial charge in [0.1, 0.15) is 29.3 Å². The highest BCUT2D eigenvalue weighted by Crippen LogP contribution is 2.39. The van der Waals surface area contributed by atoms with Crippen LogP contribution in [0.15, 0.2) is 59.4 Å². The second-order valence-corrected chi connectivity index (χ2v) is 11.4. The van der Waals surface area contributed by atoms with E-state index in [-0.39, 0.29) is 40.7 Å². The van der Waals surface area contributed by atoms with Gasteiger partial charge in [-0.25, -0.2) is 13.6 Å². The first kappa shape index (κ1) is 35.3. The minimum Gasteiger partial charge on any atom is -0.480 e. The average molecular weight is 698 g/mol. The Morgan fingerprint density at radius 2 is 1.63 bits per heavy atom. The minimum atomic E-state index is -4.89. The van der Waals surface area contributed by atoms with Crippen molar-refractivity contribution in [1.29, 1.82) is 0 Å². The van der Waals surface area contributed by atoms with Crippen LogP contribution in [0, 0.1) is 18.6 Å². The number of benzene rings is 3. The van der Waals surface area contributed by atoms with Gasteiger partial charge in [-0.15, -0.1) is 0 Å². The van der Waals surface area contributed by atoms with E-state index in [0.717, 1.165) is 10.6 Å². The summed E-state index contributed by atoms with van der Waals surface area (Å²) in [5.74, 6) is -6.23. The van der Waals surface area contributed by atoms with Gasteiger partial charge < -0.3 is 24.6 Å². The van der Waals surface area contributed by atoms with Gasteiger partial charge in [0, 0.05) is 31.4 Å². The number of hydrogen-bond acceptors (Lipinski definition) is 5. The van der Waals surface area contributed by atoms with Crippen LogP contribution in [-0.4, -0.2) is 59.6 Å². The number of carbonyl (C=O) groups excluding carboxylic acids is 1. The number of alkyl halides is 6. The highest BCUT2D eigenvalue weighted by molar-refractivity contribution is 6.00. The molecule has 8 nitrogen and oxygen atoms in total. The van der Waals surface area contributed by atoms with Crippen LogP contribution in [0.4, 0.5) is 40.8 Å². The van der Waals surface area contributed by atoms with Gasteiger partial charge in [-0.2, -0.15) is 26.3 Å². The number of ether oxygens (including phenoxy) is 1. The van der Waals surface area contributed by atoms with E-state index in [2.05, 4.69) is 0 Å². The van der Waals surface area contributed by atoms with Crippen molar-refractivity contribution in [3.8, 4) is 11.1 Å². The average Bonchev–Trinajstić information content (AvgIpc) is 3.02. The largest absolute Gasteiger partial charge is 0.480 e. The van der Waals surface area contributed by atoms with E-state index >= 15 is 8.78 Å². The van der Waals surface area contributed by atoms with Crippen molar-refractivity contribution in [3.05, 3.63) is 99.0 Å². The Morgan fingerprint density at radius 1 is 1.00 bits per heavy atom. The zero-order valence-electron chi connectivity index (χ0n) is 25.7. The van der Waals surface area contributed by atoms with Crippen molar-refractivity contribution in [2.75, 3.05) is 24.7 Å². The van der Waals surface area contributed by atoms with Crippen molar-refractivity contribution >= 4 is 28.3 Å². The molecule has 0 spiro atoms. The molecule has 2 unspecified atom stereocenters. The third-order valence-corrected chi connectivity index (χ3v) is 8.38. The molecule has 1 aliphatic rings. The fourth-order valence-corrected chi connectivity index (χ4v) is 5.84. The molecule has 0 aliphatic carbocycles. The molecule has 0 radical (unpaired) electrons. The Morgan fingerprint density at radius 3 is 2.22 bits per heavy atom. The van der Waals surface area contributed by atoms with Crippen LogP contribution in [0.25, 0.3) is 21.9 Å². The number of hydrogen-bond donors (Lipinski definition) is 2. The van der Waals surface area contributed by atoms with E-state index in [9.17, 15) is 45.8 Å². The van der Waals surface area contributed by atoms with E-state index in [1.807, 2.05) is 5.32 Å². The lowest BCUT2D eigenvalue weighted by molar-refractivity contribution is -0.167. The molecule has 49 heavy (non-hydrogen) atoms. The van der Waals surface area contributed by atoms with Crippen molar-refractivity contribution in [3.63, 3.8) is 0 Å². The molecule has 0 bridgehead atoms. The second kappa shape index (κ2) is 13.1. The molecule has 1 saturated heterocycles. The first-order valence-electron chi connectivity index (χ1n) is 14.6.